The Hall–Kier alpha value is -1.40. The van der Waals surface area contributed by atoms with E-state index in [9.17, 15) is 9.18 Å². The van der Waals surface area contributed by atoms with E-state index in [2.05, 4.69) is 4.98 Å². The SMILES string of the molecule is CCN(CC)C(=O)Cn1c(=S)[nH]c2cc(F)c(Cl)cc21. The van der Waals surface area contributed by atoms with Crippen molar-refractivity contribution >= 4 is 40.8 Å². The minimum atomic E-state index is -0.516. The van der Waals surface area contributed by atoms with Gasteiger partial charge in [0.05, 0.1) is 16.1 Å². The van der Waals surface area contributed by atoms with E-state index < -0.39 is 5.82 Å². The van der Waals surface area contributed by atoms with Crippen molar-refractivity contribution < 1.29 is 9.18 Å². The third kappa shape index (κ3) is 2.71. The fraction of sp³-hybridized carbons (Fsp3) is 0.385. The molecule has 2 aromatic rings. The predicted molar refractivity (Wildman–Crippen MR) is 80.0 cm³/mol. The number of carbonyl (C=O) groups excluding carboxylic acids is 1. The van der Waals surface area contributed by atoms with Crippen LogP contribution in [0, 0.1) is 10.6 Å². The molecule has 7 heteroatoms. The zero-order chi connectivity index (χ0) is 14.9. The lowest BCUT2D eigenvalue weighted by atomic mass is 10.3. The van der Waals surface area contributed by atoms with Crippen molar-refractivity contribution in [3.05, 3.63) is 27.7 Å². The number of likely N-dealkylation sites (N-methyl/N-ethyl adjacent to an activating group) is 1. The maximum Gasteiger partial charge on any atom is 0.242 e. The van der Waals surface area contributed by atoms with Crippen molar-refractivity contribution in [2.24, 2.45) is 0 Å². The van der Waals surface area contributed by atoms with E-state index in [0.29, 0.717) is 28.9 Å². The van der Waals surface area contributed by atoms with Crippen LogP contribution in [0.4, 0.5) is 4.39 Å². The molecule has 1 heterocycles. The number of hydrogen-bond donors (Lipinski definition) is 1. The van der Waals surface area contributed by atoms with Crippen LogP contribution in [0.15, 0.2) is 12.1 Å². The number of halogens is 2. The molecule has 0 aliphatic heterocycles. The van der Waals surface area contributed by atoms with Gasteiger partial charge in [-0.25, -0.2) is 4.39 Å². The topological polar surface area (TPSA) is 41.0 Å². The Bertz CT molecular complexity index is 705. The summed E-state index contributed by atoms with van der Waals surface area (Å²) in [4.78, 5) is 16.8. The largest absolute Gasteiger partial charge is 0.342 e. The summed E-state index contributed by atoms with van der Waals surface area (Å²) in [7, 11) is 0. The maximum atomic E-state index is 13.4. The van der Waals surface area contributed by atoms with E-state index in [0.717, 1.165) is 0 Å². The zero-order valence-corrected chi connectivity index (χ0v) is 12.8. The second-order valence-electron chi connectivity index (χ2n) is 4.37. The first-order valence-electron chi connectivity index (χ1n) is 6.33. The fourth-order valence-corrected chi connectivity index (χ4v) is 2.55. The Balaban J connectivity index is 2.44. The molecule has 2 rings (SSSR count). The molecule has 20 heavy (non-hydrogen) atoms. The molecule has 1 aromatic carbocycles. The Morgan fingerprint density at radius 1 is 1.45 bits per heavy atom. The average Bonchev–Trinajstić information content (AvgIpc) is 2.68. The number of hydrogen-bond acceptors (Lipinski definition) is 2. The second kappa shape index (κ2) is 5.93. The molecule has 0 bridgehead atoms. The highest BCUT2D eigenvalue weighted by Gasteiger charge is 2.14. The molecule has 0 atom stereocenters. The summed E-state index contributed by atoms with van der Waals surface area (Å²) in [6.07, 6.45) is 0. The van der Waals surface area contributed by atoms with Gasteiger partial charge >= 0.3 is 0 Å². The van der Waals surface area contributed by atoms with E-state index in [4.69, 9.17) is 23.8 Å². The molecule has 0 saturated carbocycles. The van der Waals surface area contributed by atoms with Gasteiger partial charge in [-0.15, -0.1) is 0 Å². The van der Waals surface area contributed by atoms with Crippen LogP contribution in [0.2, 0.25) is 5.02 Å². The van der Waals surface area contributed by atoms with Crippen LogP contribution in [-0.2, 0) is 11.3 Å². The van der Waals surface area contributed by atoms with Crippen LogP contribution in [0.25, 0.3) is 11.0 Å². The fourth-order valence-electron chi connectivity index (χ4n) is 2.12. The summed E-state index contributed by atoms with van der Waals surface area (Å²) < 4.78 is 15.4. The monoisotopic (exact) mass is 315 g/mol. The lowest BCUT2D eigenvalue weighted by Gasteiger charge is -2.19. The number of aromatic nitrogens is 2. The van der Waals surface area contributed by atoms with Crippen molar-refractivity contribution in [2.75, 3.05) is 13.1 Å². The number of benzene rings is 1. The number of imidazole rings is 1. The minimum absolute atomic E-state index is 0.00976. The highest BCUT2D eigenvalue weighted by Crippen LogP contribution is 2.22. The van der Waals surface area contributed by atoms with Crippen LogP contribution in [0.1, 0.15) is 13.8 Å². The van der Waals surface area contributed by atoms with Gasteiger partial charge in [0.1, 0.15) is 12.4 Å². The first-order valence-corrected chi connectivity index (χ1v) is 7.11. The summed E-state index contributed by atoms with van der Waals surface area (Å²) in [6, 6.07) is 2.76. The van der Waals surface area contributed by atoms with Gasteiger partial charge in [-0.05, 0) is 32.1 Å². The third-order valence-corrected chi connectivity index (χ3v) is 3.84. The van der Waals surface area contributed by atoms with Gasteiger partial charge in [0, 0.05) is 19.2 Å². The Morgan fingerprint density at radius 3 is 2.70 bits per heavy atom. The van der Waals surface area contributed by atoms with Crippen molar-refractivity contribution in [2.45, 2.75) is 20.4 Å². The summed E-state index contributed by atoms with van der Waals surface area (Å²) in [6.45, 7) is 5.23. The quantitative estimate of drug-likeness (QED) is 0.879. The number of rotatable bonds is 4. The van der Waals surface area contributed by atoms with Crippen LogP contribution in [0.3, 0.4) is 0 Å². The zero-order valence-electron chi connectivity index (χ0n) is 11.2. The summed E-state index contributed by atoms with van der Waals surface area (Å²) in [5.41, 5.74) is 1.16. The van der Waals surface area contributed by atoms with Crippen molar-refractivity contribution in [3.8, 4) is 0 Å². The Kier molecular flexibility index (Phi) is 4.45. The summed E-state index contributed by atoms with van der Waals surface area (Å²) >= 11 is 11.0. The molecule has 108 valence electrons. The van der Waals surface area contributed by atoms with Crippen LogP contribution in [-0.4, -0.2) is 33.4 Å². The molecule has 0 fully saturated rings. The normalized spacial score (nSPS) is 11.0. The number of nitrogens with one attached hydrogen (secondary N) is 1. The molecule has 0 radical (unpaired) electrons. The lowest BCUT2D eigenvalue weighted by Crippen LogP contribution is -2.33. The highest BCUT2D eigenvalue weighted by molar-refractivity contribution is 7.71. The standard InChI is InChI=1S/C13H15ClFN3OS/c1-3-17(4-2)12(19)7-18-11-5-8(14)9(15)6-10(11)16-13(18)20/h5-6H,3-4,7H2,1-2H3,(H,16,20). The Labute approximate surface area is 126 Å². The van der Waals surface area contributed by atoms with Crippen LogP contribution >= 0.6 is 23.8 Å². The molecular weight excluding hydrogens is 301 g/mol. The molecule has 0 spiro atoms. The maximum absolute atomic E-state index is 13.4. The smallest absolute Gasteiger partial charge is 0.242 e. The molecule has 4 nitrogen and oxygen atoms in total. The van der Waals surface area contributed by atoms with Gasteiger partial charge in [-0.2, -0.15) is 0 Å². The van der Waals surface area contributed by atoms with Crippen molar-refractivity contribution in [1.82, 2.24) is 14.5 Å². The number of carbonyl (C=O) groups is 1. The van der Waals surface area contributed by atoms with E-state index in [-0.39, 0.29) is 17.5 Å². The van der Waals surface area contributed by atoms with Gasteiger partial charge in [-0.1, -0.05) is 11.6 Å². The molecular formula is C13H15ClFN3OS. The number of aromatic amines is 1. The van der Waals surface area contributed by atoms with Gasteiger partial charge in [0.15, 0.2) is 4.77 Å². The first kappa shape index (κ1) is 15.0. The third-order valence-electron chi connectivity index (χ3n) is 3.23. The molecule has 0 aliphatic carbocycles. The van der Waals surface area contributed by atoms with Crippen LogP contribution in [0.5, 0.6) is 0 Å². The van der Waals surface area contributed by atoms with Gasteiger partial charge in [-0.3, -0.25) is 4.79 Å². The van der Waals surface area contributed by atoms with Gasteiger partial charge in [0.25, 0.3) is 0 Å². The number of amides is 1. The Morgan fingerprint density at radius 2 is 2.10 bits per heavy atom. The first-order chi connectivity index (χ1) is 9.47. The van der Waals surface area contributed by atoms with E-state index in [1.54, 1.807) is 9.47 Å². The molecule has 1 aromatic heterocycles. The minimum Gasteiger partial charge on any atom is -0.342 e. The van der Waals surface area contributed by atoms with Gasteiger partial charge < -0.3 is 14.5 Å². The molecule has 0 aliphatic rings. The van der Waals surface area contributed by atoms with Crippen molar-refractivity contribution in [3.63, 3.8) is 0 Å². The molecule has 1 N–H and O–H groups in total. The molecule has 0 saturated heterocycles. The molecule has 1 amide bonds. The average molecular weight is 316 g/mol. The second-order valence-corrected chi connectivity index (χ2v) is 5.16. The van der Waals surface area contributed by atoms with E-state index in [1.165, 1.54) is 12.1 Å². The number of nitrogens with zero attached hydrogens (tertiary/aromatic N) is 2. The highest BCUT2D eigenvalue weighted by atomic mass is 35.5. The lowest BCUT2D eigenvalue weighted by molar-refractivity contribution is -0.131. The molecule has 0 unspecified atom stereocenters. The van der Waals surface area contributed by atoms with E-state index in [1.807, 2.05) is 13.8 Å². The van der Waals surface area contributed by atoms with Crippen LogP contribution < -0.4 is 0 Å². The van der Waals surface area contributed by atoms with Gasteiger partial charge in [0.2, 0.25) is 5.91 Å². The number of fused-ring (bicyclic) bond motifs is 1. The summed E-state index contributed by atoms with van der Waals surface area (Å²) in [5.74, 6) is -0.551. The predicted octanol–water partition coefficient (Wildman–Crippen LogP) is 3.36. The summed E-state index contributed by atoms with van der Waals surface area (Å²) in [5, 5.41) is 0.00976. The van der Waals surface area contributed by atoms with E-state index >= 15 is 0 Å². The number of H-pyrrole nitrogens is 1. The van der Waals surface area contributed by atoms with Crippen molar-refractivity contribution in [1.29, 1.82) is 0 Å².